The van der Waals surface area contributed by atoms with Crippen LogP contribution in [-0.2, 0) is 19.5 Å². The molecule has 238 valence electrons. The number of aromatic nitrogens is 2. The molecule has 0 saturated heterocycles. The lowest BCUT2D eigenvalue weighted by atomic mass is 9.86. The van der Waals surface area contributed by atoms with Crippen molar-refractivity contribution in [2.75, 3.05) is 11.9 Å². The Morgan fingerprint density at radius 2 is 1.72 bits per heavy atom. The zero-order valence-corrected chi connectivity index (χ0v) is 27.4. The highest BCUT2D eigenvalue weighted by Crippen LogP contribution is 2.42. The number of fused-ring (bicyclic) bond motifs is 1. The van der Waals surface area contributed by atoms with Crippen LogP contribution in [-0.4, -0.2) is 51.3 Å². The fraction of sp³-hybridized carbons (Fsp3) is 0.314. The van der Waals surface area contributed by atoms with E-state index in [2.05, 4.69) is 21.2 Å². The van der Waals surface area contributed by atoms with Crippen LogP contribution in [0.3, 0.4) is 0 Å². The van der Waals surface area contributed by atoms with Gasteiger partial charge < -0.3 is 15.1 Å². The van der Waals surface area contributed by atoms with Crippen molar-refractivity contribution < 1.29 is 18.4 Å². The molecule has 3 aromatic carbocycles. The fourth-order valence-corrected chi connectivity index (χ4v) is 6.43. The van der Waals surface area contributed by atoms with Crippen molar-refractivity contribution >= 4 is 33.7 Å². The van der Waals surface area contributed by atoms with Gasteiger partial charge in [0, 0.05) is 59.7 Å². The molecular weight excluding hydrogens is 656 g/mol. The lowest BCUT2D eigenvalue weighted by molar-refractivity contribution is -0.0864. The van der Waals surface area contributed by atoms with E-state index >= 15 is 0 Å². The Kier molecular flexibility index (Phi) is 8.54. The summed E-state index contributed by atoms with van der Waals surface area (Å²) in [6.45, 7) is 4.17. The second-order valence-electron chi connectivity index (χ2n) is 12.1. The van der Waals surface area contributed by atoms with Crippen LogP contribution in [0.4, 0.5) is 14.7 Å². The van der Waals surface area contributed by atoms with Gasteiger partial charge in [0.05, 0.1) is 17.9 Å². The van der Waals surface area contributed by atoms with E-state index in [1.165, 1.54) is 11.6 Å². The summed E-state index contributed by atoms with van der Waals surface area (Å²) < 4.78 is 31.0. The molecule has 4 aromatic rings. The minimum absolute atomic E-state index is 0.100. The predicted molar refractivity (Wildman–Crippen MR) is 176 cm³/mol. The summed E-state index contributed by atoms with van der Waals surface area (Å²) in [6, 6.07) is 20.6. The van der Waals surface area contributed by atoms with E-state index in [4.69, 9.17) is 4.98 Å². The van der Waals surface area contributed by atoms with Gasteiger partial charge in [-0.3, -0.25) is 14.4 Å². The number of hydrogen-bond acceptors (Lipinski definition) is 5. The Balaban J connectivity index is 1.48. The number of anilines is 1. The molecule has 6 rings (SSSR count). The largest absolute Gasteiger partial charge is 0.355 e. The SMILES string of the molecule is CNC(=O)c1ccc(-n2c(N(Cc3ccccc3)C3CC(F)(F)C3)nc3c(c2=O)CC(C)N(C(=O)c2ccc(Br)c(C)c2)C3)cc1. The van der Waals surface area contributed by atoms with Crippen molar-refractivity contribution in [1.29, 1.82) is 0 Å². The number of amides is 2. The zero-order valence-electron chi connectivity index (χ0n) is 25.8. The van der Waals surface area contributed by atoms with Gasteiger partial charge in [-0.25, -0.2) is 18.3 Å². The molecule has 1 saturated carbocycles. The summed E-state index contributed by atoms with van der Waals surface area (Å²) in [5, 5.41) is 2.59. The number of nitrogens with one attached hydrogen (secondary N) is 1. The molecule has 8 nitrogen and oxygen atoms in total. The van der Waals surface area contributed by atoms with Gasteiger partial charge in [-0.2, -0.15) is 0 Å². The molecule has 1 aliphatic heterocycles. The van der Waals surface area contributed by atoms with Crippen LogP contribution in [0.15, 0.2) is 82.1 Å². The Morgan fingerprint density at radius 3 is 2.35 bits per heavy atom. The quantitative estimate of drug-likeness (QED) is 0.255. The lowest BCUT2D eigenvalue weighted by Crippen LogP contribution is -2.53. The first kappa shape index (κ1) is 31.6. The molecule has 1 atom stereocenters. The first-order valence-corrected chi connectivity index (χ1v) is 16.0. The topological polar surface area (TPSA) is 87.5 Å². The molecule has 1 N–H and O–H groups in total. The predicted octanol–water partition coefficient (Wildman–Crippen LogP) is 6.05. The van der Waals surface area contributed by atoms with Gasteiger partial charge in [0.2, 0.25) is 5.95 Å². The molecule has 46 heavy (non-hydrogen) atoms. The van der Waals surface area contributed by atoms with Gasteiger partial charge in [-0.1, -0.05) is 46.3 Å². The zero-order chi connectivity index (χ0) is 32.7. The molecule has 2 amide bonds. The average molecular weight is 691 g/mol. The summed E-state index contributed by atoms with van der Waals surface area (Å²) in [7, 11) is 1.54. The number of halogens is 3. The highest BCUT2D eigenvalue weighted by atomic mass is 79.9. The standard InChI is InChI=1S/C35H34BrF2N5O3/c1-21-15-25(11-14-29(21)36)32(45)41-20-30-28(16-22(41)2)33(46)43(26-12-9-24(10-13-26)31(44)39-3)34(40-30)42(27-17-35(37,38)18-27)19-23-7-5-4-6-8-23/h4-15,22,27H,16-20H2,1-3H3,(H,39,44). The van der Waals surface area contributed by atoms with Crippen LogP contribution in [0.2, 0.25) is 0 Å². The van der Waals surface area contributed by atoms with Gasteiger partial charge in [0.15, 0.2) is 0 Å². The molecule has 1 unspecified atom stereocenters. The number of rotatable bonds is 7. The molecule has 0 radical (unpaired) electrons. The minimum Gasteiger partial charge on any atom is -0.355 e. The van der Waals surface area contributed by atoms with Crippen LogP contribution in [0.1, 0.15) is 62.9 Å². The highest BCUT2D eigenvalue weighted by molar-refractivity contribution is 9.10. The molecule has 1 aliphatic carbocycles. The molecular formula is C35H34BrF2N5O3. The summed E-state index contributed by atoms with van der Waals surface area (Å²) in [5.74, 6) is -3.03. The van der Waals surface area contributed by atoms with E-state index in [1.807, 2.05) is 56.3 Å². The maximum Gasteiger partial charge on any atom is 0.263 e. The summed E-state index contributed by atoms with van der Waals surface area (Å²) in [5.41, 5.74) is 3.81. The molecule has 2 heterocycles. The normalized spacial score (nSPS) is 17.2. The lowest BCUT2D eigenvalue weighted by Gasteiger charge is -2.44. The number of aryl methyl sites for hydroxylation is 1. The number of nitrogens with zero attached hydrogens (tertiary/aromatic N) is 4. The van der Waals surface area contributed by atoms with Crippen molar-refractivity contribution in [3.05, 3.63) is 121 Å². The van der Waals surface area contributed by atoms with E-state index in [9.17, 15) is 23.2 Å². The maximum atomic E-state index is 14.5. The van der Waals surface area contributed by atoms with Crippen LogP contribution in [0, 0.1) is 6.92 Å². The van der Waals surface area contributed by atoms with Crippen LogP contribution in [0.25, 0.3) is 5.69 Å². The fourth-order valence-electron chi connectivity index (χ4n) is 6.19. The molecule has 11 heteroatoms. The van der Waals surface area contributed by atoms with Gasteiger partial charge in [-0.15, -0.1) is 0 Å². The number of hydrogen-bond donors (Lipinski definition) is 1. The van der Waals surface area contributed by atoms with Gasteiger partial charge >= 0.3 is 0 Å². The Labute approximate surface area is 274 Å². The second kappa shape index (κ2) is 12.4. The van der Waals surface area contributed by atoms with Gasteiger partial charge in [0.1, 0.15) is 0 Å². The Morgan fingerprint density at radius 1 is 1.04 bits per heavy atom. The van der Waals surface area contributed by atoms with Gasteiger partial charge in [0.25, 0.3) is 23.3 Å². The van der Waals surface area contributed by atoms with E-state index in [0.29, 0.717) is 28.1 Å². The molecule has 0 bridgehead atoms. The number of benzene rings is 3. The Hall–Kier alpha value is -4.38. The first-order chi connectivity index (χ1) is 22.0. The Bertz CT molecular complexity index is 1850. The van der Waals surface area contributed by atoms with Crippen LogP contribution in [0.5, 0.6) is 0 Å². The van der Waals surface area contributed by atoms with Crippen molar-refractivity contribution in [1.82, 2.24) is 19.8 Å². The van der Waals surface area contributed by atoms with E-state index < -0.39 is 12.0 Å². The second-order valence-corrected chi connectivity index (χ2v) is 12.9. The van der Waals surface area contributed by atoms with Gasteiger partial charge in [-0.05, 0) is 73.9 Å². The van der Waals surface area contributed by atoms with E-state index in [1.54, 1.807) is 40.1 Å². The average Bonchev–Trinajstić information content (AvgIpc) is 3.03. The first-order valence-electron chi connectivity index (χ1n) is 15.2. The van der Waals surface area contributed by atoms with Crippen molar-refractivity contribution in [3.63, 3.8) is 0 Å². The summed E-state index contributed by atoms with van der Waals surface area (Å²) >= 11 is 3.49. The van der Waals surface area contributed by atoms with E-state index in [0.717, 1.165) is 15.6 Å². The monoisotopic (exact) mass is 689 g/mol. The summed E-state index contributed by atoms with van der Waals surface area (Å²) in [4.78, 5) is 49.0. The number of alkyl halides is 2. The minimum atomic E-state index is -2.81. The third kappa shape index (κ3) is 6.08. The number of carbonyl (C=O) groups excluding carboxylic acids is 2. The van der Waals surface area contributed by atoms with Crippen molar-refractivity contribution in [2.24, 2.45) is 0 Å². The van der Waals surface area contributed by atoms with Crippen molar-refractivity contribution in [2.45, 2.75) is 64.2 Å². The smallest absolute Gasteiger partial charge is 0.263 e. The number of carbonyl (C=O) groups is 2. The highest BCUT2D eigenvalue weighted by Gasteiger charge is 2.49. The third-order valence-corrected chi connectivity index (χ3v) is 9.73. The van der Waals surface area contributed by atoms with Crippen LogP contribution < -0.4 is 15.8 Å². The summed E-state index contributed by atoms with van der Waals surface area (Å²) in [6.07, 6.45) is -0.459. The molecule has 1 aromatic heterocycles. The van der Waals surface area contributed by atoms with E-state index in [-0.39, 0.29) is 61.7 Å². The van der Waals surface area contributed by atoms with Crippen molar-refractivity contribution in [3.8, 4) is 5.69 Å². The molecule has 1 fully saturated rings. The third-order valence-electron chi connectivity index (χ3n) is 8.84. The molecule has 0 spiro atoms. The maximum absolute atomic E-state index is 14.5. The van der Waals surface area contributed by atoms with Crippen LogP contribution >= 0.6 is 15.9 Å². The molecule has 2 aliphatic rings.